The van der Waals surface area contributed by atoms with Crippen LogP contribution in [-0.4, -0.2) is 7.11 Å². The first-order chi connectivity index (χ1) is 8.83. The van der Waals surface area contributed by atoms with Crippen molar-refractivity contribution >= 4 is 11.3 Å². The third kappa shape index (κ3) is 3.32. The van der Waals surface area contributed by atoms with Crippen molar-refractivity contribution in [2.75, 3.05) is 7.11 Å². The molecule has 2 rings (SSSR count). The van der Waals surface area contributed by atoms with Gasteiger partial charge in [-0.05, 0) is 42.0 Å². The van der Waals surface area contributed by atoms with Gasteiger partial charge in [-0.1, -0.05) is 18.2 Å². The van der Waals surface area contributed by atoms with Crippen LogP contribution in [0.3, 0.4) is 0 Å². The van der Waals surface area contributed by atoms with Crippen LogP contribution in [0.4, 0.5) is 0 Å². The molecule has 1 atom stereocenters. The van der Waals surface area contributed by atoms with E-state index in [0.29, 0.717) is 0 Å². The highest BCUT2D eigenvalue weighted by molar-refractivity contribution is 7.09. The molecule has 1 aromatic heterocycles. The van der Waals surface area contributed by atoms with Gasteiger partial charge in [-0.2, -0.15) is 0 Å². The first-order valence-corrected chi connectivity index (χ1v) is 6.84. The minimum atomic E-state index is 0.155. The second-order valence-electron chi connectivity index (χ2n) is 4.11. The fraction of sp³-hybridized carbons (Fsp3) is 0.286. The van der Waals surface area contributed by atoms with Crippen LogP contribution in [0.5, 0.6) is 5.75 Å². The highest BCUT2D eigenvalue weighted by Crippen LogP contribution is 2.23. The monoisotopic (exact) mass is 262 g/mol. The van der Waals surface area contributed by atoms with Gasteiger partial charge in [0.1, 0.15) is 5.75 Å². The van der Waals surface area contributed by atoms with E-state index in [2.05, 4.69) is 29.0 Å². The largest absolute Gasteiger partial charge is 0.497 e. The lowest BCUT2D eigenvalue weighted by molar-refractivity contribution is 0.412. The number of aryl methyl sites for hydroxylation is 1. The van der Waals surface area contributed by atoms with Gasteiger partial charge in [0.2, 0.25) is 0 Å². The summed E-state index contributed by atoms with van der Waals surface area (Å²) in [5.41, 5.74) is 4.04. The predicted molar refractivity (Wildman–Crippen MR) is 75.7 cm³/mol. The Morgan fingerprint density at radius 3 is 2.89 bits per heavy atom. The number of hydrogen-bond acceptors (Lipinski definition) is 4. The number of nitrogens with one attached hydrogen (secondary N) is 1. The number of rotatable bonds is 6. The quantitative estimate of drug-likeness (QED) is 0.621. The Bertz CT molecular complexity index is 470. The Labute approximate surface area is 112 Å². The van der Waals surface area contributed by atoms with Crippen LogP contribution in [0, 0.1) is 0 Å². The molecule has 3 nitrogen and oxygen atoms in total. The maximum Gasteiger partial charge on any atom is 0.119 e. The summed E-state index contributed by atoms with van der Waals surface area (Å²) in [4.78, 5) is 1.39. The van der Waals surface area contributed by atoms with Crippen LogP contribution in [0.2, 0.25) is 0 Å². The molecule has 0 fully saturated rings. The van der Waals surface area contributed by atoms with Crippen molar-refractivity contribution in [1.29, 1.82) is 0 Å². The Morgan fingerprint density at radius 1 is 1.33 bits per heavy atom. The average Bonchev–Trinajstić information content (AvgIpc) is 2.93. The molecular formula is C14H18N2OS. The molecule has 3 N–H and O–H groups in total. The molecular weight excluding hydrogens is 244 g/mol. The molecule has 0 aliphatic carbocycles. The van der Waals surface area contributed by atoms with E-state index in [4.69, 9.17) is 10.6 Å². The van der Waals surface area contributed by atoms with Crippen LogP contribution >= 0.6 is 11.3 Å². The third-order valence-corrected chi connectivity index (χ3v) is 3.89. The number of nitrogens with two attached hydrogens (primary N) is 1. The predicted octanol–water partition coefficient (Wildman–Crippen LogP) is 2.89. The van der Waals surface area contributed by atoms with Crippen LogP contribution in [0.1, 0.15) is 22.9 Å². The van der Waals surface area contributed by atoms with Crippen LogP contribution < -0.4 is 16.0 Å². The third-order valence-electron chi connectivity index (χ3n) is 2.96. The van der Waals surface area contributed by atoms with Crippen molar-refractivity contribution in [3.8, 4) is 5.75 Å². The summed E-state index contributed by atoms with van der Waals surface area (Å²) in [5, 5.41) is 2.10. The van der Waals surface area contributed by atoms with Crippen LogP contribution in [0.15, 0.2) is 41.8 Å². The SMILES string of the molecule is COc1cccc(C(CCc2cccs2)NN)c1. The highest BCUT2D eigenvalue weighted by atomic mass is 32.1. The van der Waals surface area contributed by atoms with Crippen LogP contribution in [0.25, 0.3) is 0 Å². The normalized spacial score (nSPS) is 12.3. The van der Waals surface area contributed by atoms with Gasteiger partial charge in [0, 0.05) is 10.9 Å². The molecule has 0 aliphatic heterocycles. The first-order valence-electron chi connectivity index (χ1n) is 5.96. The number of benzene rings is 1. The Morgan fingerprint density at radius 2 is 2.22 bits per heavy atom. The van der Waals surface area contributed by atoms with E-state index in [-0.39, 0.29) is 6.04 Å². The summed E-state index contributed by atoms with van der Waals surface area (Å²) in [7, 11) is 1.68. The lowest BCUT2D eigenvalue weighted by Crippen LogP contribution is -2.28. The zero-order chi connectivity index (χ0) is 12.8. The Kier molecular flexibility index (Phi) is 4.75. The van der Waals surface area contributed by atoms with E-state index < -0.39 is 0 Å². The van der Waals surface area contributed by atoms with Crippen molar-refractivity contribution < 1.29 is 4.74 Å². The topological polar surface area (TPSA) is 47.3 Å². The van der Waals surface area contributed by atoms with Crippen molar-refractivity contribution in [3.05, 3.63) is 52.2 Å². The summed E-state index contributed by atoms with van der Waals surface area (Å²) >= 11 is 1.78. The number of thiophene rings is 1. The molecule has 1 heterocycles. The summed E-state index contributed by atoms with van der Waals surface area (Å²) in [6, 6.07) is 12.4. The molecule has 96 valence electrons. The van der Waals surface area contributed by atoms with E-state index >= 15 is 0 Å². The molecule has 0 aliphatic rings. The van der Waals surface area contributed by atoms with Crippen molar-refractivity contribution in [2.45, 2.75) is 18.9 Å². The molecule has 2 aromatic rings. The fourth-order valence-corrected chi connectivity index (χ4v) is 2.67. The summed E-state index contributed by atoms with van der Waals surface area (Å²) in [5.74, 6) is 6.51. The van der Waals surface area contributed by atoms with Crippen molar-refractivity contribution in [3.63, 3.8) is 0 Å². The van der Waals surface area contributed by atoms with Gasteiger partial charge in [-0.3, -0.25) is 11.3 Å². The minimum Gasteiger partial charge on any atom is -0.497 e. The Hall–Kier alpha value is -1.36. The highest BCUT2D eigenvalue weighted by Gasteiger charge is 2.10. The molecule has 0 saturated carbocycles. The smallest absolute Gasteiger partial charge is 0.119 e. The summed E-state index contributed by atoms with van der Waals surface area (Å²) in [6.07, 6.45) is 2.01. The van der Waals surface area contributed by atoms with Gasteiger partial charge in [0.05, 0.1) is 7.11 Å². The molecule has 18 heavy (non-hydrogen) atoms. The maximum atomic E-state index is 5.65. The summed E-state index contributed by atoms with van der Waals surface area (Å²) < 4.78 is 5.23. The van der Waals surface area contributed by atoms with Gasteiger partial charge in [0.15, 0.2) is 0 Å². The maximum absolute atomic E-state index is 5.65. The van der Waals surface area contributed by atoms with Crippen molar-refractivity contribution in [2.24, 2.45) is 5.84 Å². The molecule has 4 heteroatoms. The van der Waals surface area contributed by atoms with E-state index in [1.165, 1.54) is 4.88 Å². The van der Waals surface area contributed by atoms with Gasteiger partial charge >= 0.3 is 0 Å². The van der Waals surface area contributed by atoms with Gasteiger partial charge < -0.3 is 4.74 Å². The fourth-order valence-electron chi connectivity index (χ4n) is 1.95. The molecule has 0 amide bonds. The first kappa shape index (κ1) is 13.1. The number of hydrogen-bond donors (Lipinski definition) is 2. The minimum absolute atomic E-state index is 0.155. The number of hydrazine groups is 1. The van der Waals surface area contributed by atoms with E-state index in [1.807, 2.05) is 18.2 Å². The molecule has 1 aromatic carbocycles. The zero-order valence-corrected chi connectivity index (χ0v) is 11.2. The van der Waals surface area contributed by atoms with E-state index in [0.717, 1.165) is 24.2 Å². The lowest BCUT2D eigenvalue weighted by Gasteiger charge is -2.16. The average molecular weight is 262 g/mol. The van der Waals surface area contributed by atoms with E-state index in [9.17, 15) is 0 Å². The summed E-state index contributed by atoms with van der Waals surface area (Å²) in [6.45, 7) is 0. The Balaban J connectivity index is 2.03. The molecule has 0 bridgehead atoms. The van der Waals surface area contributed by atoms with Crippen LogP contribution in [-0.2, 0) is 6.42 Å². The van der Waals surface area contributed by atoms with Crippen molar-refractivity contribution in [1.82, 2.24) is 5.43 Å². The molecule has 0 spiro atoms. The van der Waals surface area contributed by atoms with Gasteiger partial charge in [-0.15, -0.1) is 11.3 Å². The second kappa shape index (κ2) is 6.54. The molecule has 1 unspecified atom stereocenters. The molecule has 0 radical (unpaired) electrons. The zero-order valence-electron chi connectivity index (χ0n) is 10.4. The standard InChI is InChI=1S/C14H18N2OS/c1-17-12-5-2-4-11(10-12)14(16-15)8-7-13-6-3-9-18-13/h2-6,9-10,14,16H,7-8,15H2,1H3. The number of methoxy groups -OCH3 is 1. The second-order valence-corrected chi connectivity index (χ2v) is 5.15. The molecule has 0 saturated heterocycles. The van der Waals surface area contributed by atoms with Gasteiger partial charge in [-0.25, -0.2) is 0 Å². The number of ether oxygens (including phenoxy) is 1. The van der Waals surface area contributed by atoms with Gasteiger partial charge in [0.25, 0.3) is 0 Å². The lowest BCUT2D eigenvalue weighted by atomic mass is 10.0. The van der Waals surface area contributed by atoms with E-state index in [1.54, 1.807) is 18.4 Å².